The molecule has 0 radical (unpaired) electrons. The highest BCUT2D eigenvalue weighted by Gasteiger charge is 2.33. The van der Waals surface area contributed by atoms with Crippen molar-refractivity contribution in [3.05, 3.63) is 96.2 Å². The highest BCUT2D eigenvalue weighted by atomic mass is 32.1. The molecule has 7 nitrogen and oxygen atoms in total. The van der Waals surface area contributed by atoms with Crippen molar-refractivity contribution in [1.29, 1.82) is 0 Å². The van der Waals surface area contributed by atoms with Crippen molar-refractivity contribution in [2.24, 2.45) is 4.99 Å². The number of rotatable bonds is 8. The lowest BCUT2D eigenvalue weighted by Gasteiger charge is -2.25. The fourth-order valence-corrected chi connectivity index (χ4v) is 6.21. The largest absolute Gasteiger partial charge is 0.460 e. The second-order valence-corrected chi connectivity index (χ2v) is 11.3. The topological polar surface area (TPSA) is 73.1 Å². The van der Waals surface area contributed by atoms with Crippen molar-refractivity contribution in [3.63, 3.8) is 0 Å². The first-order valence-electron chi connectivity index (χ1n) is 13.5. The Kier molecular flexibility index (Phi) is 8.14. The van der Waals surface area contributed by atoms with Crippen LogP contribution in [0.25, 0.3) is 6.08 Å². The molecule has 3 heterocycles. The van der Waals surface area contributed by atoms with E-state index in [2.05, 4.69) is 60.1 Å². The number of hydrogen-bond donors (Lipinski definition) is 0. The molecule has 0 spiro atoms. The first kappa shape index (κ1) is 27.1. The van der Waals surface area contributed by atoms with Crippen LogP contribution in [0.1, 0.15) is 62.3 Å². The van der Waals surface area contributed by atoms with Crippen molar-refractivity contribution in [3.8, 4) is 0 Å². The Balaban J connectivity index is 1.57. The molecule has 8 heteroatoms. The van der Waals surface area contributed by atoms with Gasteiger partial charge in [0.25, 0.3) is 5.56 Å². The van der Waals surface area contributed by atoms with Crippen molar-refractivity contribution in [2.45, 2.75) is 45.6 Å². The van der Waals surface area contributed by atoms with Gasteiger partial charge in [0.2, 0.25) is 0 Å². The predicted molar refractivity (Wildman–Crippen MR) is 155 cm³/mol. The van der Waals surface area contributed by atoms with E-state index in [1.165, 1.54) is 35.4 Å². The Morgan fingerprint density at radius 2 is 1.77 bits per heavy atom. The Labute approximate surface area is 232 Å². The van der Waals surface area contributed by atoms with Gasteiger partial charge in [0.05, 0.1) is 28.5 Å². The van der Waals surface area contributed by atoms with Gasteiger partial charge in [-0.05, 0) is 60.6 Å². The number of fused-ring (bicyclic) bond motifs is 1. The highest BCUT2D eigenvalue weighted by molar-refractivity contribution is 7.07. The maximum atomic E-state index is 13.9. The predicted octanol–water partition coefficient (Wildman–Crippen LogP) is 4.15. The highest BCUT2D eigenvalue weighted by Crippen LogP contribution is 2.31. The Morgan fingerprint density at radius 1 is 1.08 bits per heavy atom. The normalized spacial score (nSPS) is 17.5. The summed E-state index contributed by atoms with van der Waals surface area (Å²) in [5.74, 6) is -0.119. The van der Waals surface area contributed by atoms with Crippen LogP contribution in [0.5, 0.6) is 0 Å². The minimum atomic E-state index is -0.628. The van der Waals surface area contributed by atoms with Crippen LogP contribution in [0.2, 0.25) is 0 Å². The average molecular weight is 546 g/mol. The molecule has 1 aromatic heterocycles. The van der Waals surface area contributed by atoms with Crippen LogP contribution in [-0.4, -0.2) is 43.9 Å². The number of esters is 1. The molecule has 3 aromatic rings. The van der Waals surface area contributed by atoms with E-state index in [4.69, 9.17) is 9.47 Å². The van der Waals surface area contributed by atoms with Gasteiger partial charge >= 0.3 is 5.97 Å². The molecule has 2 aliphatic rings. The zero-order chi connectivity index (χ0) is 27.5. The molecule has 2 aliphatic heterocycles. The molecule has 0 bridgehead atoms. The molecule has 1 unspecified atom stereocenters. The fraction of sp³-hybridized carbons (Fsp3) is 0.387. The lowest BCUT2D eigenvalue weighted by atomic mass is 9.93. The first-order valence-corrected chi connectivity index (χ1v) is 14.3. The fourth-order valence-electron chi connectivity index (χ4n) is 5.16. The van der Waals surface area contributed by atoms with Gasteiger partial charge in [-0.25, -0.2) is 9.79 Å². The monoisotopic (exact) mass is 545 g/mol. The second kappa shape index (κ2) is 11.7. The van der Waals surface area contributed by atoms with E-state index in [0.717, 1.165) is 24.2 Å². The van der Waals surface area contributed by atoms with Gasteiger partial charge in [0, 0.05) is 25.9 Å². The minimum Gasteiger partial charge on any atom is -0.460 e. The van der Waals surface area contributed by atoms with Crippen LogP contribution in [0.4, 0.5) is 5.69 Å². The van der Waals surface area contributed by atoms with Crippen LogP contribution in [0.3, 0.4) is 0 Å². The zero-order valence-corrected chi connectivity index (χ0v) is 23.8. The summed E-state index contributed by atoms with van der Waals surface area (Å²) < 4.78 is 12.8. The Bertz CT molecular complexity index is 1540. The van der Waals surface area contributed by atoms with Gasteiger partial charge in [-0.15, -0.1) is 0 Å². The molecular weight excluding hydrogens is 510 g/mol. The standard InChI is InChI=1S/C31H35N3O4S/c1-20(2)23-9-11-24(12-10-23)28-27(30(36)38-18-17-37-4)21(3)32-31-34(28)29(35)26(39-31)19-22-7-13-25(14-8-22)33-15-5-6-16-33/h7-14,19-20,28H,5-6,15-18H2,1-4H3. The van der Waals surface area contributed by atoms with E-state index in [1.807, 2.05) is 18.2 Å². The maximum absolute atomic E-state index is 13.9. The number of methoxy groups -OCH3 is 1. The van der Waals surface area contributed by atoms with E-state index >= 15 is 0 Å². The smallest absolute Gasteiger partial charge is 0.338 e. The van der Waals surface area contributed by atoms with Crippen LogP contribution >= 0.6 is 11.3 Å². The summed E-state index contributed by atoms with van der Waals surface area (Å²) in [6, 6.07) is 15.8. The van der Waals surface area contributed by atoms with Crippen molar-refractivity contribution >= 4 is 29.1 Å². The van der Waals surface area contributed by atoms with Crippen molar-refractivity contribution < 1.29 is 14.3 Å². The van der Waals surface area contributed by atoms with Crippen LogP contribution in [-0.2, 0) is 14.3 Å². The number of ether oxygens (including phenoxy) is 2. The van der Waals surface area contributed by atoms with Gasteiger partial charge < -0.3 is 14.4 Å². The summed E-state index contributed by atoms with van der Waals surface area (Å²) in [6.45, 7) is 8.68. The number of thiazole rings is 1. The van der Waals surface area contributed by atoms with Gasteiger partial charge in [-0.1, -0.05) is 61.6 Å². The number of benzene rings is 2. The van der Waals surface area contributed by atoms with Crippen molar-refractivity contribution in [1.82, 2.24) is 4.57 Å². The van der Waals surface area contributed by atoms with Crippen LogP contribution in [0, 0.1) is 0 Å². The Morgan fingerprint density at radius 3 is 2.41 bits per heavy atom. The third-order valence-electron chi connectivity index (χ3n) is 7.34. The number of carbonyl (C=O) groups excluding carboxylic acids is 1. The molecule has 5 rings (SSSR count). The first-order chi connectivity index (χ1) is 18.9. The molecule has 0 saturated carbocycles. The van der Waals surface area contributed by atoms with Crippen LogP contribution < -0.4 is 19.8 Å². The number of aromatic nitrogens is 1. The quantitative estimate of drug-likeness (QED) is 0.314. The number of nitrogens with zero attached hydrogens (tertiary/aromatic N) is 3. The summed E-state index contributed by atoms with van der Waals surface area (Å²) in [7, 11) is 1.56. The average Bonchev–Trinajstić information content (AvgIpc) is 3.57. The SMILES string of the molecule is COCCOC(=O)C1=C(C)N=c2sc(=Cc3ccc(N4CCCC4)cc3)c(=O)n2C1c1ccc(C(C)C)cc1. The summed E-state index contributed by atoms with van der Waals surface area (Å²) in [5.41, 5.74) is 4.95. The lowest BCUT2D eigenvalue weighted by molar-refractivity contribution is -0.140. The lowest BCUT2D eigenvalue weighted by Crippen LogP contribution is -2.40. The summed E-state index contributed by atoms with van der Waals surface area (Å²) >= 11 is 1.34. The van der Waals surface area contributed by atoms with E-state index in [-0.39, 0.29) is 12.2 Å². The molecule has 0 N–H and O–H groups in total. The maximum Gasteiger partial charge on any atom is 0.338 e. The van der Waals surface area contributed by atoms with Crippen molar-refractivity contribution in [2.75, 3.05) is 38.3 Å². The van der Waals surface area contributed by atoms with E-state index in [0.29, 0.717) is 33.1 Å². The summed E-state index contributed by atoms with van der Waals surface area (Å²) in [6.07, 6.45) is 4.36. The molecule has 1 fully saturated rings. The molecule has 2 aromatic carbocycles. The summed E-state index contributed by atoms with van der Waals surface area (Å²) in [5, 5.41) is 0. The number of allylic oxidation sites excluding steroid dienone is 1. The zero-order valence-electron chi connectivity index (χ0n) is 23.0. The number of anilines is 1. The van der Waals surface area contributed by atoms with E-state index in [9.17, 15) is 9.59 Å². The van der Waals surface area contributed by atoms with Gasteiger partial charge in [-0.2, -0.15) is 0 Å². The van der Waals surface area contributed by atoms with Gasteiger partial charge in [0.15, 0.2) is 4.80 Å². The van der Waals surface area contributed by atoms with E-state index < -0.39 is 12.0 Å². The molecular formula is C31H35N3O4S. The Hall–Kier alpha value is -3.49. The molecule has 0 aliphatic carbocycles. The molecule has 39 heavy (non-hydrogen) atoms. The summed E-state index contributed by atoms with van der Waals surface area (Å²) in [4.78, 5) is 34.8. The second-order valence-electron chi connectivity index (χ2n) is 10.3. The molecule has 0 amide bonds. The van der Waals surface area contributed by atoms with Gasteiger partial charge in [-0.3, -0.25) is 9.36 Å². The third kappa shape index (κ3) is 5.63. The number of carbonyl (C=O) groups is 1. The molecule has 1 atom stereocenters. The molecule has 1 saturated heterocycles. The van der Waals surface area contributed by atoms with E-state index in [1.54, 1.807) is 18.6 Å². The van der Waals surface area contributed by atoms with Gasteiger partial charge in [0.1, 0.15) is 6.61 Å². The van der Waals surface area contributed by atoms with Crippen LogP contribution in [0.15, 0.2) is 69.6 Å². The molecule has 204 valence electrons. The minimum absolute atomic E-state index is 0.128. The third-order valence-corrected chi connectivity index (χ3v) is 8.33. The number of hydrogen-bond acceptors (Lipinski definition) is 7.